The summed E-state index contributed by atoms with van der Waals surface area (Å²) in [4.78, 5) is 19.8. The van der Waals surface area contributed by atoms with Gasteiger partial charge >= 0.3 is 6.09 Å². The van der Waals surface area contributed by atoms with Gasteiger partial charge < -0.3 is 14.5 Å². The van der Waals surface area contributed by atoms with Crippen LogP contribution >= 0.6 is 15.9 Å². The maximum Gasteiger partial charge on any atom is 0.410 e. The summed E-state index contributed by atoms with van der Waals surface area (Å²) in [5.41, 5.74) is -0.521. The first kappa shape index (κ1) is 17.0. The van der Waals surface area contributed by atoms with E-state index in [1.165, 1.54) is 6.07 Å². The molecule has 0 aliphatic carbocycles. The van der Waals surface area contributed by atoms with Crippen LogP contribution in [0.1, 0.15) is 27.7 Å². The van der Waals surface area contributed by atoms with Crippen molar-refractivity contribution in [2.24, 2.45) is 0 Å². The van der Waals surface area contributed by atoms with Gasteiger partial charge in [-0.2, -0.15) is 0 Å². The molecule has 1 aromatic rings. The lowest BCUT2D eigenvalue weighted by Gasteiger charge is -2.40. The Hall–Kier alpha value is -1.37. The van der Waals surface area contributed by atoms with Crippen LogP contribution in [-0.2, 0) is 4.74 Å². The fourth-order valence-corrected chi connectivity index (χ4v) is 2.69. The molecule has 0 bridgehead atoms. The van der Waals surface area contributed by atoms with E-state index in [4.69, 9.17) is 4.74 Å². The first-order valence-electron chi connectivity index (χ1n) is 7.23. The SMILES string of the molecule is C[C@@H]1CN(c2ncc(Br)cc2F)CCN1C(=O)OC(C)(C)C. The van der Waals surface area contributed by atoms with E-state index in [1.54, 1.807) is 11.1 Å². The van der Waals surface area contributed by atoms with Crippen LogP contribution in [0.5, 0.6) is 0 Å². The minimum absolute atomic E-state index is 0.0755. The lowest BCUT2D eigenvalue weighted by atomic mass is 10.2. The van der Waals surface area contributed by atoms with Crippen LogP contribution < -0.4 is 4.90 Å². The van der Waals surface area contributed by atoms with Crippen LogP contribution in [0.25, 0.3) is 0 Å². The second-order valence-corrected chi connectivity index (χ2v) is 7.34. The average molecular weight is 374 g/mol. The summed E-state index contributed by atoms with van der Waals surface area (Å²) in [6.45, 7) is 8.97. The van der Waals surface area contributed by atoms with Crippen molar-refractivity contribution in [2.75, 3.05) is 24.5 Å². The molecule has 0 saturated carbocycles. The highest BCUT2D eigenvalue weighted by Gasteiger charge is 2.32. The minimum Gasteiger partial charge on any atom is -0.444 e. The van der Waals surface area contributed by atoms with Crippen LogP contribution in [0, 0.1) is 5.82 Å². The number of amides is 1. The summed E-state index contributed by atoms with van der Waals surface area (Å²) in [6.07, 6.45) is 1.24. The minimum atomic E-state index is -0.521. The van der Waals surface area contributed by atoms with Crippen molar-refractivity contribution in [3.8, 4) is 0 Å². The second kappa shape index (κ2) is 6.40. The highest BCUT2D eigenvalue weighted by molar-refractivity contribution is 9.10. The number of anilines is 1. The third-order valence-electron chi connectivity index (χ3n) is 3.34. The van der Waals surface area contributed by atoms with Crippen LogP contribution in [0.15, 0.2) is 16.7 Å². The van der Waals surface area contributed by atoms with Gasteiger partial charge in [0.05, 0.1) is 0 Å². The highest BCUT2D eigenvalue weighted by atomic mass is 79.9. The maximum atomic E-state index is 14.0. The number of aromatic nitrogens is 1. The molecule has 2 heterocycles. The molecule has 0 radical (unpaired) electrons. The number of piperazine rings is 1. The number of hydrogen-bond acceptors (Lipinski definition) is 4. The van der Waals surface area contributed by atoms with Crippen molar-refractivity contribution >= 4 is 27.8 Å². The van der Waals surface area contributed by atoms with Crippen LogP contribution in [-0.4, -0.2) is 47.3 Å². The predicted molar refractivity (Wildman–Crippen MR) is 86.5 cm³/mol. The number of carbonyl (C=O) groups excluding carboxylic acids is 1. The van der Waals surface area contributed by atoms with Gasteiger partial charge in [-0.3, -0.25) is 0 Å². The third kappa shape index (κ3) is 4.09. The number of ether oxygens (including phenoxy) is 1. The van der Waals surface area contributed by atoms with Gasteiger partial charge in [-0.1, -0.05) is 0 Å². The van der Waals surface area contributed by atoms with E-state index in [2.05, 4.69) is 20.9 Å². The van der Waals surface area contributed by atoms with Gasteiger partial charge in [0.1, 0.15) is 5.60 Å². The van der Waals surface area contributed by atoms with E-state index < -0.39 is 5.60 Å². The smallest absolute Gasteiger partial charge is 0.410 e. The van der Waals surface area contributed by atoms with E-state index >= 15 is 0 Å². The van der Waals surface area contributed by atoms with Gasteiger partial charge in [0.25, 0.3) is 0 Å². The van der Waals surface area contributed by atoms with E-state index in [1.807, 2.05) is 32.6 Å². The summed E-state index contributed by atoms with van der Waals surface area (Å²) in [7, 11) is 0. The summed E-state index contributed by atoms with van der Waals surface area (Å²) in [6, 6.07) is 1.32. The van der Waals surface area contributed by atoms with Crippen molar-refractivity contribution in [3.05, 3.63) is 22.6 Å². The number of pyridine rings is 1. The molecule has 0 aromatic carbocycles. The van der Waals surface area contributed by atoms with E-state index in [-0.39, 0.29) is 18.0 Å². The Morgan fingerprint density at radius 3 is 2.68 bits per heavy atom. The summed E-state index contributed by atoms with van der Waals surface area (Å²) in [5.74, 6) is -0.0498. The fourth-order valence-electron chi connectivity index (χ4n) is 2.38. The molecule has 7 heteroatoms. The van der Waals surface area contributed by atoms with Gasteiger partial charge in [-0.05, 0) is 49.7 Å². The van der Waals surface area contributed by atoms with Crippen LogP contribution in [0.3, 0.4) is 0 Å². The normalized spacial score (nSPS) is 19.3. The Balaban J connectivity index is 2.05. The number of halogens is 2. The van der Waals surface area contributed by atoms with E-state index in [0.29, 0.717) is 29.9 Å². The molecule has 1 saturated heterocycles. The van der Waals surface area contributed by atoms with Crippen molar-refractivity contribution in [3.63, 3.8) is 0 Å². The zero-order valence-corrected chi connectivity index (χ0v) is 14.9. The molecule has 1 aliphatic rings. The topological polar surface area (TPSA) is 45.7 Å². The molecule has 122 valence electrons. The van der Waals surface area contributed by atoms with Crippen molar-refractivity contribution < 1.29 is 13.9 Å². The maximum absolute atomic E-state index is 14.0. The van der Waals surface area contributed by atoms with Gasteiger partial charge in [0.15, 0.2) is 11.6 Å². The Labute approximate surface area is 138 Å². The summed E-state index contributed by atoms with van der Waals surface area (Å²) in [5, 5.41) is 0. The largest absolute Gasteiger partial charge is 0.444 e. The van der Waals surface area contributed by atoms with Crippen molar-refractivity contribution in [1.82, 2.24) is 9.88 Å². The van der Waals surface area contributed by atoms with Gasteiger partial charge in [0.2, 0.25) is 0 Å². The zero-order valence-electron chi connectivity index (χ0n) is 13.3. The first-order chi connectivity index (χ1) is 10.2. The zero-order chi connectivity index (χ0) is 16.5. The highest BCUT2D eigenvalue weighted by Crippen LogP contribution is 2.23. The first-order valence-corrected chi connectivity index (χ1v) is 8.02. The van der Waals surface area contributed by atoms with Crippen LogP contribution in [0.4, 0.5) is 15.0 Å². The molecule has 1 amide bonds. The molecule has 1 atom stereocenters. The molecular formula is C15H21BrFN3O2. The van der Waals surface area contributed by atoms with E-state index in [0.717, 1.165) is 0 Å². The molecule has 0 N–H and O–H groups in total. The van der Waals surface area contributed by atoms with Crippen molar-refractivity contribution in [1.29, 1.82) is 0 Å². The van der Waals surface area contributed by atoms with Crippen molar-refractivity contribution in [2.45, 2.75) is 39.3 Å². The Bertz CT molecular complexity index is 562. The number of rotatable bonds is 1. The molecule has 0 unspecified atom stereocenters. The lowest BCUT2D eigenvalue weighted by molar-refractivity contribution is 0.0158. The average Bonchev–Trinajstić information content (AvgIpc) is 2.36. The van der Waals surface area contributed by atoms with Gasteiger partial charge in [0, 0.05) is 36.3 Å². The van der Waals surface area contributed by atoms with Gasteiger partial charge in [-0.25, -0.2) is 14.2 Å². The molecule has 1 fully saturated rings. The molecule has 0 spiro atoms. The van der Waals surface area contributed by atoms with Crippen LogP contribution in [0.2, 0.25) is 0 Å². The number of hydrogen-bond donors (Lipinski definition) is 0. The number of nitrogens with zero attached hydrogens (tertiary/aromatic N) is 3. The third-order valence-corrected chi connectivity index (χ3v) is 3.78. The quantitative estimate of drug-likeness (QED) is 0.756. The Morgan fingerprint density at radius 1 is 1.45 bits per heavy atom. The number of carbonyl (C=O) groups is 1. The molecule has 2 rings (SSSR count). The summed E-state index contributed by atoms with van der Waals surface area (Å²) < 4.78 is 20.0. The van der Waals surface area contributed by atoms with Gasteiger partial charge in [-0.15, -0.1) is 0 Å². The molecule has 5 nitrogen and oxygen atoms in total. The molecular weight excluding hydrogens is 353 g/mol. The molecule has 1 aromatic heterocycles. The molecule has 22 heavy (non-hydrogen) atoms. The lowest BCUT2D eigenvalue weighted by Crippen LogP contribution is -2.55. The fraction of sp³-hybridized carbons (Fsp3) is 0.600. The molecule has 1 aliphatic heterocycles. The Morgan fingerprint density at radius 2 is 2.14 bits per heavy atom. The predicted octanol–water partition coefficient (Wildman–Crippen LogP) is 3.43. The van der Waals surface area contributed by atoms with E-state index in [9.17, 15) is 9.18 Å². The standard InChI is InChI=1S/C15H21BrFN3O2/c1-10-9-19(13-12(17)7-11(16)8-18-13)5-6-20(10)14(21)22-15(2,3)4/h7-8,10H,5-6,9H2,1-4H3/t10-/m1/s1. The summed E-state index contributed by atoms with van der Waals surface area (Å²) >= 11 is 3.20. The Kier molecular flexibility index (Phi) is 4.94. The second-order valence-electron chi connectivity index (χ2n) is 6.43. The monoisotopic (exact) mass is 373 g/mol.